The molecule has 0 aliphatic heterocycles. The Morgan fingerprint density at radius 1 is 1.56 bits per heavy atom. The van der Waals surface area contributed by atoms with Crippen LogP contribution in [0.5, 0.6) is 0 Å². The van der Waals surface area contributed by atoms with Crippen LogP contribution in [-0.4, -0.2) is 33.9 Å². The first-order valence-corrected chi connectivity index (χ1v) is 6.87. The number of rotatable bonds is 7. The van der Waals surface area contributed by atoms with Gasteiger partial charge in [-0.15, -0.1) is 0 Å². The highest BCUT2D eigenvalue weighted by molar-refractivity contribution is 7.90. The number of ether oxygens (including phenoxy) is 1. The van der Waals surface area contributed by atoms with Crippen molar-refractivity contribution in [2.24, 2.45) is 5.41 Å². The van der Waals surface area contributed by atoms with Gasteiger partial charge in [0.2, 0.25) is 10.0 Å². The lowest BCUT2D eigenvalue weighted by atomic mass is 10.0. The molecule has 92 valence electrons. The lowest BCUT2D eigenvalue weighted by Gasteiger charge is -2.16. The minimum Gasteiger partial charge on any atom is -0.385 e. The highest BCUT2D eigenvalue weighted by atomic mass is 32.2. The summed E-state index contributed by atoms with van der Waals surface area (Å²) in [4.78, 5) is 0. The lowest BCUT2D eigenvalue weighted by Crippen LogP contribution is -2.36. The van der Waals surface area contributed by atoms with Crippen LogP contribution >= 0.6 is 0 Å². The van der Waals surface area contributed by atoms with Crippen LogP contribution in [0.3, 0.4) is 0 Å². The van der Waals surface area contributed by atoms with Gasteiger partial charge in [0.1, 0.15) is 0 Å². The zero-order valence-electron chi connectivity index (χ0n) is 9.69. The number of hydrogen-bond donors (Lipinski definition) is 1. The molecule has 0 bridgehead atoms. The standard InChI is InChI=1S/C10H18N2O3S/c1-9(7-11)16(13,14)12-8-10(3-4-10)5-6-15-2/h9,12H,3-6,8H2,1-2H3. The van der Waals surface area contributed by atoms with E-state index in [1.165, 1.54) is 6.92 Å². The number of nitrogens with zero attached hydrogens (tertiary/aromatic N) is 1. The molecule has 0 aromatic carbocycles. The first-order chi connectivity index (χ1) is 7.46. The van der Waals surface area contributed by atoms with Crippen molar-refractivity contribution in [3.63, 3.8) is 0 Å². The van der Waals surface area contributed by atoms with E-state index >= 15 is 0 Å². The van der Waals surface area contributed by atoms with Crippen LogP contribution in [0, 0.1) is 16.7 Å². The van der Waals surface area contributed by atoms with E-state index in [1.54, 1.807) is 13.2 Å². The maximum absolute atomic E-state index is 11.5. The molecule has 0 aromatic rings. The Labute approximate surface area is 96.8 Å². The van der Waals surface area contributed by atoms with Gasteiger partial charge < -0.3 is 4.74 Å². The zero-order valence-corrected chi connectivity index (χ0v) is 10.5. The molecule has 6 heteroatoms. The third-order valence-corrected chi connectivity index (χ3v) is 4.67. The summed E-state index contributed by atoms with van der Waals surface area (Å²) >= 11 is 0. The number of hydrogen-bond acceptors (Lipinski definition) is 4. The lowest BCUT2D eigenvalue weighted by molar-refractivity contribution is 0.173. The van der Waals surface area contributed by atoms with Crippen molar-refractivity contribution < 1.29 is 13.2 Å². The molecule has 1 saturated carbocycles. The van der Waals surface area contributed by atoms with E-state index in [1.807, 2.05) is 0 Å². The van der Waals surface area contributed by atoms with Gasteiger partial charge in [-0.25, -0.2) is 13.1 Å². The van der Waals surface area contributed by atoms with Gasteiger partial charge in [-0.2, -0.15) is 5.26 Å². The van der Waals surface area contributed by atoms with Crippen LogP contribution in [-0.2, 0) is 14.8 Å². The second kappa shape index (κ2) is 5.13. The molecule has 0 aromatic heterocycles. The molecule has 1 N–H and O–H groups in total. The molecule has 0 heterocycles. The van der Waals surface area contributed by atoms with E-state index in [-0.39, 0.29) is 5.41 Å². The fraction of sp³-hybridized carbons (Fsp3) is 0.900. The molecule has 5 nitrogen and oxygen atoms in total. The highest BCUT2D eigenvalue weighted by Gasteiger charge is 2.42. The van der Waals surface area contributed by atoms with Gasteiger partial charge in [0.05, 0.1) is 6.07 Å². The summed E-state index contributed by atoms with van der Waals surface area (Å²) in [6.07, 6.45) is 2.92. The number of methoxy groups -OCH3 is 1. The number of nitrogens with one attached hydrogen (secondary N) is 1. The first kappa shape index (κ1) is 13.4. The first-order valence-electron chi connectivity index (χ1n) is 5.33. The average Bonchev–Trinajstić information content (AvgIpc) is 3.03. The minimum atomic E-state index is -3.48. The van der Waals surface area contributed by atoms with Crippen molar-refractivity contribution in [2.75, 3.05) is 20.3 Å². The van der Waals surface area contributed by atoms with Crippen LogP contribution < -0.4 is 4.72 Å². The Kier molecular flexibility index (Phi) is 4.30. The Balaban J connectivity index is 2.43. The van der Waals surface area contributed by atoms with Crippen molar-refractivity contribution >= 4 is 10.0 Å². The Morgan fingerprint density at radius 2 is 2.19 bits per heavy atom. The maximum Gasteiger partial charge on any atom is 0.227 e. The second-order valence-corrected chi connectivity index (χ2v) is 6.47. The van der Waals surface area contributed by atoms with Gasteiger partial charge in [0, 0.05) is 20.3 Å². The van der Waals surface area contributed by atoms with Crippen LogP contribution in [0.25, 0.3) is 0 Å². The van der Waals surface area contributed by atoms with E-state index < -0.39 is 15.3 Å². The smallest absolute Gasteiger partial charge is 0.227 e. The number of nitriles is 1. The van der Waals surface area contributed by atoms with Crippen LogP contribution in [0.15, 0.2) is 0 Å². The summed E-state index contributed by atoms with van der Waals surface area (Å²) in [5.41, 5.74) is 0.0677. The SMILES string of the molecule is COCCC1(CNS(=O)(=O)C(C)C#N)CC1. The van der Waals surface area contributed by atoms with Gasteiger partial charge in [-0.3, -0.25) is 0 Å². The zero-order chi connectivity index (χ0) is 12.2. The third-order valence-electron chi connectivity index (χ3n) is 3.09. The van der Waals surface area contributed by atoms with Gasteiger partial charge in [-0.05, 0) is 31.6 Å². The Hall–Kier alpha value is -0.640. The molecule has 0 saturated heterocycles. The van der Waals surface area contributed by atoms with Crippen LogP contribution in [0.2, 0.25) is 0 Å². The Morgan fingerprint density at radius 3 is 2.62 bits per heavy atom. The second-order valence-electron chi connectivity index (χ2n) is 4.38. The van der Waals surface area contributed by atoms with E-state index in [0.29, 0.717) is 13.2 Å². The molecule has 0 amide bonds. The molecule has 1 atom stereocenters. The van der Waals surface area contributed by atoms with Crippen molar-refractivity contribution in [1.82, 2.24) is 4.72 Å². The Bertz CT molecular complexity index is 368. The fourth-order valence-electron chi connectivity index (χ4n) is 1.46. The molecule has 1 unspecified atom stereocenters. The highest BCUT2D eigenvalue weighted by Crippen LogP contribution is 2.48. The predicted molar refractivity (Wildman–Crippen MR) is 60.2 cm³/mol. The molecule has 1 fully saturated rings. The summed E-state index contributed by atoms with van der Waals surface area (Å²) in [5.74, 6) is 0. The van der Waals surface area contributed by atoms with Gasteiger partial charge >= 0.3 is 0 Å². The van der Waals surface area contributed by atoms with Crippen molar-refractivity contribution in [1.29, 1.82) is 5.26 Å². The summed E-state index contributed by atoms with van der Waals surface area (Å²) < 4.78 is 30.6. The molecule has 0 spiro atoms. The van der Waals surface area contributed by atoms with Gasteiger partial charge in [-0.1, -0.05) is 0 Å². The molecule has 1 aliphatic rings. The molecular weight excluding hydrogens is 228 g/mol. The molecule has 16 heavy (non-hydrogen) atoms. The summed E-state index contributed by atoms with van der Waals surface area (Å²) in [5, 5.41) is 7.57. The number of sulfonamides is 1. The summed E-state index contributed by atoms with van der Waals surface area (Å²) in [6.45, 7) is 2.46. The van der Waals surface area contributed by atoms with E-state index in [0.717, 1.165) is 19.3 Å². The van der Waals surface area contributed by atoms with Gasteiger partial charge in [0.25, 0.3) is 0 Å². The average molecular weight is 246 g/mol. The van der Waals surface area contributed by atoms with E-state index in [9.17, 15) is 8.42 Å². The van der Waals surface area contributed by atoms with Crippen molar-refractivity contribution in [3.8, 4) is 6.07 Å². The molecular formula is C10H18N2O3S. The monoisotopic (exact) mass is 246 g/mol. The van der Waals surface area contributed by atoms with Crippen molar-refractivity contribution in [3.05, 3.63) is 0 Å². The summed E-state index contributed by atoms with van der Waals surface area (Å²) in [6, 6.07) is 1.73. The quantitative estimate of drug-likeness (QED) is 0.714. The van der Waals surface area contributed by atoms with E-state index in [4.69, 9.17) is 10.00 Å². The topological polar surface area (TPSA) is 79.2 Å². The molecule has 1 aliphatic carbocycles. The molecule has 1 rings (SSSR count). The maximum atomic E-state index is 11.5. The largest absolute Gasteiger partial charge is 0.385 e. The minimum absolute atomic E-state index is 0.0677. The van der Waals surface area contributed by atoms with Crippen LogP contribution in [0.1, 0.15) is 26.2 Å². The summed E-state index contributed by atoms with van der Waals surface area (Å²) in [7, 11) is -1.84. The molecule has 0 radical (unpaired) electrons. The van der Waals surface area contributed by atoms with Crippen molar-refractivity contribution in [2.45, 2.75) is 31.4 Å². The normalized spacial score (nSPS) is 20.1. The van der Waals surface area contributed by atoms with E-state index in [2.05, 4.69) is 4.72 Å². The fourth-order valence-corrected chi connectivity index (χ4v) is 2.35. The third kappa shape index (κ3) is 3.44. The van der Waals surface area contributed by atoms with Crippen LogP contribution in [0.4, 0.5) is 0 Å². The van der Waals surface area contributed by atoms with Gasteiger partial charge in [0.15, 0.2) is 5.25 Å². The predicted octanol–water partition coefficient (Wildman–Crippen LogP) is 0.635.